The summed E-state index contributed by atoms with van der Waals surface area (Å²) in [7, 11) is 7.61. The molecule has 2 aromatic carbocycles. The van der Waals surface area contributed by atoms with Gasteiger partial charge in [0.25, 0.3) is 0 Å². The number of benzene rings is 2. The third kappa shape index (κ3) is 5.07. The number of methoxy groups -OCH3 is 5. The summed E-state index contributed by atoms with van der Waals surface area (Å²) >= 11 is 0. The van der Waals surface area contributed by atoms with E-state index in [0.29, 0.717) is 40.1 Å². The largest absolute Gasteiger partial charge is 0.496 e. The first-order valence-corrected chi connectivity index (χ1v) is 7.97. The normalized spacial score (nSPS) is 10.4. The average Bonchev–Trinajstić information content (AvgIpc) is 2.70. The van der Waals surface area contributed by atoms with Gasteiger partial charge in [-0.25, -0.2) is 4.79 Å². The second-order valence-corrected chi connectivity index (χ2v) is 5.26. The van der Waals surface area contributed by atoms with Crippen molar-refractivity contribution in [1.29, 1.82) is 0 Å². The van der Waals surface area contributed by atoms with Crippen molar-refractivity contribution in [3.63, 3.8) is 0 Å². The van der Waals surface area contributed by atoms with Crippen LogP contribution < -0.4 is 28.4 Å². The van der Waals surface area contributed by atoms with Gasteiger partial charge in [0, 0.05) is 24.3 Å². The van der Waals surface area contributed by atoms with Crippen molar-refractivity contribution in [3.8, 4) is 34.5 Å². The van der Waals surface area contributed by atoms with Crippen LogP contribution in [0.1, 0.15) is 5.56 Å². The van der Waals surface area contributed by atoms with Crippen LogP contribution in [0.3, 0.4) is 0 Å². The van der Waals surface area contributed by atoms with Crippen LogP contribution >= 0.6 is 0 Å². The standard InChI is InChI=1S/C20H22O7/c1-22-14-10-15(23-2)12-16(11-14)27-19(21)7-6-13-8-17(24-3)20(26-5)18(9-13)25-4/h6-12H,1-5H3/b7-6+. The molecule has 0 bridgehead atoms. The van der Waals surface area contributed by atoms with Crippen LogP contribution in [0.25, 0.3) is 6.08 Å². The Morgan fingerprint density at radius 3 is 1.67 bits per heavy atom. The van der Waals surface area contributed by atoms with Gasteiger partial charge in [0.05, 0.1) is 35.5 Å². The van der Waals surface area contributed by atoms with E-state index in [2.05, 4.69) is 0 Å². The summed E-state index contributed by atoms with van der Waals surface area (Å²) in [5.41, 5.74) is 0.685. The Kier molecular flexibility index (Phi) is 6.93. The molecule has 0 aliphatic carbocycles. The molecule has 0 radical (unpaired) electrons. The predicted octanol–water partition coefficient (Wildman–Crippen LogP) is 3.35. The second kappa shape index (κ2) is 9.38. The molecule has 2 aromatic rings. The van der Waals surface area contributed by atoms with Crippen molar-refractivity contribution < 1.29 is 33.2 Å². The molecular weight excluding hydrogens is 352 g/mol. The molecule has 0 atom stereocenters. The van der Waals surface area contributed by atoms with E-state index in [4.69, 9.17) is 28.4 Å². The van der Waals surface area contributed by atoms with Gasteiger partial charge < -0.3 is 28.4 Å². The first-order chi connectivity index (χ1) is 13.0. The van der Waals surface area contributed by atoms with Crippen molar-refractivity contribution in [2.75, 3.05) is 35.5 Å². The zero-order valence-corrected chi connectivity index (χ0v) is 15.9. The van der Waals surface area contributed by atoms with Crippen molar-refractivity contribution in [3.05, 3.63) is 42.0 Å². The lowest BCUT2D eigenvalue weighted by atomic mass is 10.1. The molecule has 0 aromatic heterocycles. The summed E-state index contributed by atoms with van der Waals surface area (Å²) in [6.45, 7) is 0. The Morgan fingerprint density at radius 1 is 0.704 bits per heavy atom. The van der Waals surface area contributed by atoms with Crippen molar-refractivity contribution in [1.82, 2.24) is 0 Å². The molecule has 27 heavy (non-hydrogen) atoms. The van der Waals surface area contributed by atoms with E-state index < -0.39 is 5.97 Å². The molecule has 0 fully saturated rings. The first-order valence-electron chi connectivity index (χ1n) is 7.97. The molecule has 0 aliphatic heterocycles. The second-order valence-electron chi connectivity index (χ2n) is 5.26. The van der Waals surface area contributed by atoms with Crippen LogP contribution in [-0.4, -0.2) is 41.5 Å². The first kappa shape index (κ1) is 20.0. The highest BCUT2D eigenvalue weighted by molar-refractivity contribution is 5.89. The topological polar surface area (TPSA) is 72.5 Å². The van der Waals surface area contributed by atoms with Gasteiger partial charge in [-0.2, -0.15) is 0 Å². The lowest BCUT2D eigenvalue weighted by Crippen LogP contribution is -2.04. The van der Waals surface area contributed by atoms with Gasteiger partial charge in [0.2, 0.25) is 5.75 Å². The molecule has 0 aliphatic rings. The Labute approximate surface area is 158 Å². The maximum Gasteiger partial charge on any atom is 0.336 e. The highest BCUT2D eigenvalue weighted by Crippen LogP contribution is 2.38. The Balaban J connectivity index is 2.19. The van der Waals surface area contributed by atoms with Gasteiger partial charge >= 0.3 is 5.97 Å². The summed E-state index contributed by atoms with van der Waals surface area (Å²) in [6, 6.07) is 8.31. The predicted molar refractivity (Wildman–Crippen MR) is 100 cm³/mol. The summed E-state index contributed by atoms with van der Waals surface area (Å²) in [4.78, 5) is 12.1. The molecule has 2 rings (SSSR count). The zero-order valence-electron chi connectivity index (χ0n) is 15.9. The number of rotatable bonds is 8. The maximum atomic E-state index is 12.1. The Hall–Kier alpha value is -3.35. The Morgan fingerprint density at radius 2 is 1.22 bits per heavy atom. The van der Waals surface area contributed by atoms with Crippen LogP contribution in [0, 0.1) is 0 Å². The van der Waals surface area contributed by atoms with Crippen molar-refractivity contribution in [2.24, 2.45) is 0 Å². The molecule has 0 amide bonds. The van der Waals surface area contributed by atoms with Crippen LogP contribution in [0.2, 0.25) is 0 Å². The van der Waals surface area contributed by atoms with E-state index in [-0.39, 0.29) is 0 Å². The summed E-state index contributed by atoms with van der Waals surface area (Å²) < 4.78 is 31.5. The smallest absolute Gasteiger partial charge is 0.336 e. The average molecular weight is 374 g/mol. The van der Waals surface area contributed by atoms with Crippen molar-refractivity contribution in [2.45, 2.75) is 0 Å². The molecule has 144 valence electrons. The van der Waals surface area contributed by atoms with Crippen LogP contribution in [0.4, 0.5) is 0 Å². The van der Waals surface area contributed by atoms with E-state index in [0.717, 1.165) is 0 Å². The van der Waals surface area contributed by atoms with E-state index in [9.17, 15) is 4.79 Å². The summed E-state index contributed by atoms with van der Waals surface area (Å²) in [5.74, 6) is 2.24. The van der Waals surface area contributed by atoms with Crippen LogP contribution in [0.5, 0.6) is 34.5 Å². The van der Waals surface area contributed by atoms with Gasteiger partial charge in [0.1, 0.15) is 17.2 Å². The van der Waals surface area contributed by atoms with Gasteiger partial charge in [0.15, 0.2) is 11.5 Å². The maximum absolute atomic E-state index is 12.1. The molecule has 7 nitrogen and oxygen atoms in total. The monoisotopic (exact) mass is 374 g/mol. The zero-order chi connectivity index (χ0) is 19.8. The lowest BCUT2D eigenvalue weighted by molar-refractivity contribution is -0.128. The van der Waals surface area contributed by atoms with E-state index in [1.165, 1.54) is 41.6 Å². The molecule has 0 unspecified atom stereocenters. The minimum Gasteiger partial charge on any atom is -0.496 e. The minimum atomic E-state index is -0.556. The van der Waals surface area contributed by atoms with Crippen molar-refractivity contribution >= 4 is 12.0 Å². The third-order valence-electron chi connectivity index (χ3n) is 3.64. The number of esters is 1. The highest BCUT2D eigenvalue weighted by Gasteiger charge is 2.12. The van der Waals surface area contributed by atoms with Gasteiger partial charge in [-0.15, -0.1) is 0 Å². The van der Waals surface area contributed by atoms with Gasteiger partial charge in [-0.1, -0.05) is 0 Å². The SMILES string of the molecule is COc1cc(OC)cc(OC(=O)/C=C/c2cc(OC)c(OC)c(OC)c2)c1. The number of carbonyl (C=O) groups excluding carboxylic acids is 1. The summed E-state index contributed by atoms with van der Waals surface area (Å²) in [5, 5.41) is 0. The van der Waals surface area contributed by atoms with Gasteiger partial charge in [-0.3, -0.25) is 0 Å². The number of hydrogen-bond donors (Lipinski definition) is 0. The molecule has 0 N–H and O–H groups in total. The highest BCUT2D eigenvalue weighted by atomic mass is 16.5. The number of carbonyl (C=O) groups is 1. The minimum absolute atomic E-state index is 0.311. The van der Waals surface area contributed by atoms with Crippen LogP contribution in [-0.2, 0) is 4.79 Å². The Bertz CT molecular complexity index is 780. The molecule has 0 heterocycles. The fraction of sp³-hybridized carbons (Fsp3) is 0.250. The summed E-state index contributed by atoms with van der Waals surface area (Å²) in [6.07, 6.45) is 2.89. The molecular formula is C20H22O7. The molecule has 0 saturated carbocycles. The number of hydrogen-bond acceptors (Lipinski definition) is 7. The van der Waals surface area contributed by atoms with E-state index in [1.807, 2.05) is 0 Å². The lowest BCUT2D eigenvalue weighted by Gasteiger charge is -2.12. The quantitative estimate of drug-likeness (QED) is 0.399. The van der Waals surface area contributed by atoms with Crippen LogP contribution in [0.15, 0.2) is 36.4 Å². The fourth-order valence-corrected chi connectivity index (χ4v) is 2.35. The molecule has 7 heteroatoms. The van der Waals surface area contributed by atoms with E-state index >= 15 is 0 Å². The molecule has 0 spiro atoms. The fourth-order valence-electron chi connectivity index (χ4n) is 2.35. The van der Waals surface area contributed by atoms with E-state index in [1.54, 1.807) is 36.4 Å². The number of ether oxygens (including phenoxy) is 6. The third-order valence-corrected chi connectivity index (χ3v) is 3.64. The van der Waals surface area contributed by atoms with Gasteiger partial charge in [-0.05, 0) is 23.8 Å². The molecule has 0 saturated heterocycles.